The zero-order valence-electron chi connectivity index (χ0n) is 33.8. The molecule has 0 aromatic carbocycles. The standard InChI is InChI=1S/C20H40O6S.C19H38O6S/c1-3-4-5-6-7-8-9-10-11-14-20(2)25-17-19(18-26-20)24-15-12-13-16-27(21,22)23;1-3-4-5-6-7-8-9-10-11-13-19(2)24-17-18(25-19)16-23-14-12-15-26(20,21)22/h19H,3-18H2,1-2H3,(H,21,22,23);18H,3-17H2,1-2H3,(H,20,21,22)/p-2. The summed E-state index contributed by atoms with van der Waals surface area (Å²) in [4.78, 5) is 0. The molecule has 0 spiro atoms. The second-order valence-electron chi connectivity index (χ2n) is 15.2. The van der Waals surface area contributed by atoms with Crippen LogP contribution in [0.4, 0.5) is 0 Å². The van der Waals surface area contributed by atoms with Crippen molar-refractivity contribution in [2.45, 2.75) is 199 Å². The number of unbranched alkanes of at least 4 members (excludes halogenated alkanes) is 17. The normalized spacial score (nSPS) is 23.6. The molecule has 0 N–H and O–H groups in total. The van der Waals surface area contributed by atoms with E-state index in [-0.39, 0.29) is 36.7 Å². The van der Waals surface area contributed by atoms with Crippen LogP contribution < -0.4 is 0 Å². The van der Waals surface area contributed by atoms with Gasteiger partial charge in [0.25, 0.3) is 0 Å². The van der Waals surface area contributed by atoms with Crippen LogP contribution in [-0.4, -0.2) is 101 Å². The molecule has 0 radical (unpaired) electrons. The van der Waals surface area contributed by atoms with Crippen molar-refractivity contribution in [1.82, 2.24) is 0 Å². The van der Waals surface area contributed by atoms with Crippen molar-refractivity contribution in [3.63, 3.8) is 0 Å². The molecule has 12 nitrogen and oxygen atoms in total. The highest BCUT2D eigenvalue weighted by Crippen LogP contribution is 2.29. The summed E-state index contributed by atoms with van der Waals surface area (Å²) in [7, 11) is -8.27. The predicted molar refractivity (Wildman–Crippen MR) is 207 cm³/mol. The first kappa shape index (κ1) is 50.6. The molecule has 2 aliphatic rings. The maximum Gasteiger partial charge on any atom is 0.166 e. The molecule has 53 heavy (non-hydrogen) atoms. The quantitative estimate of drug-likeness (QED) is 0.0471. The minimum Gasteiger partial charge on any atom is -0.748 e. The van der Waals surface area contributed by atoms with Gasteiger partial charge in [0.2, 0.25) is 0 Å². The van der Waals surface area contributed by atoms with E-state index in [1.807, 2.05) is 13.8 Å². The first-order valence-electron chi connectivity index (χ1n) is 20.9. The third kappa shape index (κ3) is 30.4. The van der Waals surface area contributed by atoms with Gasteiger partial charge in [-0.1, -0.05) is 117 Å². The Labute approximate surface area is 324 Å². The molecule has 2 atom stereocenters. The third-order valence-electron chi connectivity index (χ3n) is 9.74. The van der Waals surface area contributed by atoms with Gasteiger partial charge >= 0.3 is 0 Å². The minimum atomic E-state index is -4.15. The second kappa shape index (κ2) is 29.8. The topological polar surface area (TPSA) is 170 Å². The van der Waals surface area contributed by atoms with Gasteiger partial charge in [-0.05, 0) is 46.0 Å². The Kier molecular flexibility index (Phi) is 28.4. The molecule has 0 aromatic rings. The third-order valence-corrected chi connectivity index (χ3v) is 11.3. The molecule has 0 amide bonds. The molecule has 0 aromatic heterocycles. The molecular weight excluding hydrogens is 725 g/mol. The van der Waals surface area contributed by atoms with Crippen LogP contribution in [0.25, 0.3) is 0 Å². The largest absolute Gasteiger partial charge is 0.748 e. The van der Waals surface area contributed by atoms with E-state index in [0.717, 1.165) is 25.7 Å². The molecule has 318 valence electrons. The molecule has 2 aliphatic heterocycles. The zero-order valence-corrected chi connectivity index (χ0v) is 35.4. The van der Waals surface area contributed by atoms with E-state index in [0.29, 0.717) is 45.9 Å². The van der Waals surface area contributed by atoms with Crippen LogP contribution in [0.2, 0.25) is 0 Å². The zero-order chi connectivity index (χ0) is 39.3. The molecular formula is C39H76O12S2-2. The van der Waals surface area contributed by atoms with Gasteiger partial charge in [0.05, 0.1) is 46.7 Å². The summed E-state index contributed by atoms with van der Waals surface area (Å²) < 4.78 is 97.6. The van der Waals surface area contributed by atoms with Crippen molar-refractivity contribution < 1.29 is 54.4 Å². The fourth-order valence-corrected chi connectivity index (χ4v) is 7.50. The maximum absolute atomic E-state index is 10.5. The van der Waals surface area contributed by atoms with E-state index >= 15 is 0 Å². The van der Waals surface area contributed by atoms with Crippen molar-refractivity contribution in [2.75, 3.05) is 51.1 Å². The first-order chi connectivity index (χ1) is 25.2. The molecule has 2 fully saturated rings. The summed E-state index contributed by atoms with van der Waals surface area (Å²) >= 11 is 0. The molecule has 2 saturated heterocycles. The summed E-state index contributed by atoms with van der Waals surface area (Å²) in [6, 6.07) is 0. The minimum absolute atomic E-state index is 0.120. The Morgan fingerprint density at radius 1 is 0.547 bits per heavy atom. The van der Waals surface area contributed by atoms with Crippen LogP contribution >= 0.6 is 0 Å². The molecule has 0 saturated carbocycles. The van der Waals surface area contributed by atoms with E-state index in [2.05, 4.69) is 13.8 Å². The van der Waals surface area contributed by atoms with Gasteiger partial charge < -0.3 is 37.5 Å². The van der Waals surface area contributed by atoms with E-state index in [9.17, 15) is 25.9 Å². The lowest BCUT2D eigenvalue weighted by molar-refractivity contribution is -0.291. The second-order valence-corrected chi connectivity index (χ2v) is 18.3. The van der Waals surface area contributed by atoms with Crippen LogP contribution in [0.5, 0.6) is 0 Å². The fraction of sp³-hybridized carbons (Fsp3) is 1.00. The van der Waals surface area contributed by atoms with Gasteiger partial charge in [0.15, 0.2) is 11.6 Å². The molecule has 2 unspecified atom stereocenters. The molecule has 0 aliphatic carbocycles. The van der Waals surface area contributed by atoms with E-state index in [4.69, 9.17) is 28.4 Å². The average molecular weight is 801 g/mol. The SMILES string of the molecule is CCCCCCCCCCCC1(C)OCC(COCCCS(=O)(=O)[O-])O1.CCCCCCCCCCCC1(C)OCC(OCCCCS(=O)(=O)[O-])CO1. The Balaban J connectivity index is 0.000000530. The van der Waals surface area contributed by atoms with Crippen LogP contribution in [0.15, 0.2) is 0 Å². The maximum atomic E-state index is 10.5. The molecule has 0 bridgehead atoms. The van der Waals surface area contributed by atoms with Crippen LogP contribution in [0.1, 0.15) is 175 Å². The Bertz CT molecular complexity index is 1080. The average Bonchev–Trinajstić information content (AvgIpc) is 3.47. The summed E-state index contributed by atoms with van der Waals surface area (Å²) in [6.07, 6.45) is 26.0. The van der Waals surface area contributed by atoms with E-state index in [1.165, 1.54) is 103 Å². The van der Waals surface area contributed by atoms with Crippen molar-refractivity contribution in [1.29, 1.82) is 0 Å². The summed E-state index contributed by atoms with van der Waals surface area (Å²) in [5.74, 6) is -1.76. The first-order valence-corrected chi connectivity index (χ1v) is 24.0. The van der Waals surface area contributed by atoms with E-state index in [1.54, 1.807) is 0 Å². The monoisotopic (exact) mass is 800 g/mol. The number of hydrogen-bond donors (Lipinski definition) is 0. The highest BCUT2D eigenvalue weighted by atomic mass is 32.2. The number of ether oxygens (including phenoxy) is 6. The highest BCUT2D eigenvalue weighted by Gasteiger charge is 2.36. The van der Waals surface area contributed by atoms with Crippen LogP contribution in [-0.2, 0) is 48.7 Å². The van der Waals surface area contributed by atoms with Crippen molar-refractivity contribution >= 4 is 20.2 Å². The number of rotatable bonds is 32. The lowest BCUT2D eigenvalue weighted by Crippen LogP contribution is -2.45. The van der Waals surface area contributed by atoms with Crippen molar-refractivity contribution in [3.8, 4) is 0 Å². The number of hydrogen-bond acceptors (Lipinski definition) is 12. The summed E-state index contributed by atoms with van der Waals surface area (Å²) in [5.41, 5.74) is 0. The predicted octanol–water partition coefficient (Wildman–Crippen LogP) is 8.37. The lowest BCUT2D eigenvalue weighted by Gasteiger charge is -2.37. The van der Waals surface area contributed by atoms with Crippen LogP contribution in [0.3, 0.4) is 0 Å². The lowest BCUT2D eigenvalue weighted by atomic mass is 10.0. The van der Waals surface area contributed by atoms with Gasteiger partial charge in [-0.25, -0.2) is 16.8 Å². The van der Waals surface area contributed by atoms with E-state index < -0.39 is 31.8 Å². The molecule has 2 heterocycles. The van der Waals surface area contributed by atoms with Gasteiger partial charge in [-0.15, -0.1) is 0 Å². The van der Waals surface area contributed by atoms with Gasteiger partial charge in [0.1, 0.15) is 12.2 Å². The van der Waals surface area contributed by atoms with Crippen molar-refractivity contribution in [2.24, 2.45) is 0 Å². The summed E-state index contributed by atoms with van der Waals surface area (Å²) in [5, 5.41) is 0. The molecule has 14 heteroatoms. The Morgan fingerprint density at radius 2 is 0.981 bits per heavy atom. The smallest absolute Gasteiger partial charge is 0.166 e. The fourth-order valence-electron chi connectivity index (χ4n) is 6.47. The van der Waals surface area contributed by atoms with Gasteiger partial charge in [0, 0.05) is 37.6 Å². The molecule has 2 rings (SSSR count). The van der Waals surface area contributed by atoms with Crippen LogP contribution in [0, 0.1) is 0 Å². The summed E-state index contributed by atoms with van der Waals surface area (Å²) in [6.45, 7) is 11.0. The highest BCUT2D eigenvalue weighted by molar-refractivity contribution is 7.85. The van der Waals surface area contributed by atoms with Gasteiger partial charge in [-0.2, -0.15) is 0 Å². The Morgan fingerprint density at radius 3 is 1.47 bits per heavy atom. The van der Waals surface area contributed by atoms with Crippen molar-refractivity contribution in [3.05, 3.63) is 0 Å². The van der Waals surface area contributed by atoms with Gasteiger partial charge in [-0.3, -0.25) is 0 Å². The Hall–Kier alpha value is -0.420.